The van der Waals surface area contributed by atoms with Gasteiger partial charge < -0.3 is 16.4 Å². The van der Waals surface area contributed by atoms with E-state index in [0.717, 1.165) is 10.2 Å². The van der Waals surface area contributed by atoms with Gasteiger partial charge in [-0.15, -0.1) is 11.8 Å². The van der Waals surface area contributed by atoms with E-state index in [-0.39, 0.29) is 35.7 Å². The van der Waals surface area contributed by atoms with Crippen molar-refractivity contribution in [1.29, 1.82) is 0 Å². The SMILES string of the molecule is NC1CC(=O)NC(SCC(=O)Nc2ccccc2Br)N1. The molecule has 1 fully saturated rings. The summed E-state index contributed by atoms with van der Waals surface area (Å²) in [6.45, 7) is 0. The zero-order valence-electron chi connectivity index (χ0n) is 10.6. The number of carbonyl (C=O) groups is 2. The summed E-state index contributed by atoms with van der Waals surface area (Å²) in [4.78, 5) is 23.2. The predicted octanol–water partition coefficient (Wildman–Crippen LogP) is 0.799. The van der Waals surface area contributed by atoms with E-state index in [1.165, 1.54) is 11.8 Å². The van der Waals surface area contributed by atoms with Crippen molar-refractivity contribution in [3.8, 4) is 0 Å². The van der Waals surface area contributed by atoms with Crippen molar-refractivity contribution in [2.75, 3.05) is 11.1 Å². The van der Waals surface area contributed by atoms with Gasteiger partial charge in [0.2, 0.25) is 11.8 Å². The van der Waals surface area contributed by atoms with E-state index < -0.39 is 0 Å². The average molecular weight is 359 g/mol. The molecule has 2 unspecified atom stereocenters. The number of carbonyl (C=O) groups excluding carboxylic acids is 2. The second kappa shape index (κ2) is 7.07. The first-order valence-corrected chi connectivity index (χ1v) is 7.86. The largest absolute Gasteiger partial charge is 0.332 e. The van der Waals surface area contributed by atoms with Crippen molar-refractivity contribution >= 4 is 45.2 Å². The number of nitrogens with one attached hydrogen (secondary N) is 3. The van der Waals surface area contributed by atoms with Crippen molar-refractivity contribution in [2.24, 2.45) is 5.73 Å². The van der Waals surface area contributed by atoms with Gasteiger partial charge in [0.15, 0.2) is 0 Å². The highest BCUT2D eigenvalue weighted by Crippen LogP contribution is 2.21. The van der Waals surface area contributed by atoms with Crippen LogP contribution in [0.1, 0.15) is 6.42 Å². The monoisotopic (exact) mass is 358 g/mol. The number of halogens is 1. The molecule has 1 heterocycles. The Hall–Kier alpha value is -1.09. The van der Waals surface area contributed by atoms with Crippen LogP contribution in [0.15, 0.2) is 28.7 Å². The van der Waals surface area contributed by atoms with Gasteiger partial charge in [0.1, 0.15) is 5.50 Å². The van der Waals surface area contributed by atoms with Crippen molar-refractivity contribution in [2.45, 2.75) is 18.1 Å². The molecule has 8 heteroatoms. The number of nitrogens with two attached hydrogens (primary N) is 1. The Balaban J connectivity index is 1.81. The van der Waals surface area contributed by atoms with Crippen LogP contribution in [0.2, 0.25) is 0 Å². The summed E-state index contributed by atoms with van der Waals surface area (Å²) in [5.41, 5.74) is 6.05. The quantitative estimate of drug-likeness (QED) is 0.638. The molecule has 2 atom stereocenters. The Bertz CT molecular complexity index is 514. The highest BCUT2D eigenvalue weighted by molar-refractivity contribution is 9.10. The number of benzene rings is 1. The predicted molar refractivity (Wildman–Crippen MR) is 82.9 cm³/mol. The van der Waals surface area contributed by atoms with Crippen LogP contribution in [0, 0.1) is 0 Å². The summed E-state index contributed by atoms with van der Waals surface area (Å²) in [6, 6.07) is 7.38. The van der Waals surface area contributed by atoms with Gasteiger partial charge >= 0.3 is 0 Å². The fourth-order valence-electron chi connectivity index (χ4n) is 1.70. The summed E-state index contributed by atoms with van der Waals surface area (Å²) in [5, 5.41) is 8.51. The molecule has 0 aromatic heterocycles. The molecule has 1 aliphatic rings. The minimum absolute atomic E-state index is 0.111. The van der Waals surface area contributed by atoms with Crippen LogP contribution in [0.3, 0.4) is 0 Å². The van der Waals surface area contributed by atoms with E-state index in [4.69, 9.17) is 5.73 Å². The lowest BCUT2D eigenvalue weighted by Crippen LogP contribution is -2.58. The van der Waals surface area contributed by atoms with Gasteiger partial charge in [-0.1, -0.05) is 12.1 Å². The fourth-order valence-corrected chi connectivity index (χ4v) is 2.96. The normalized spacial score (nSPS) is 22.2. The summed E-state index contributed by atoms with van der Waals surface area (Å²) in [6.07, 6.45) is -0.118. The van der Waals surface area contributed by atoms with Crippen molar-refractivity contribution < 1.29 is 9.59 Å². The zero-order valence-corrected chi connectivity index (χ0v) is 13.0. The number of para-hydroxylation sites is 1. The van der Waals surface area contributed by atoms with Gasteiger partial charge in [0.25, 0.3) is 0 Å². The minimum Gasteiger partial charge on any atom is -0.332 e. The number of thioether (sulfide) groups is 1. The summed E-state index contributed by atoms with van der Waals surface area (Å²) in [7, 11) is 0. The molecule has 0 aliphatic carbocycles. The molecular weight excluding hydrogens is 344 g/mol. The Morgan fingerprint density at radius 3 is 2.95 bits per heavy atom. The van der Waals surface area contributed by atoms with Gasteiger partial charge in [0.05, 0.1) is 24.0 Å². The number of anilines is 1. The Labute approximate surface area is 129 Å². The van der Waals surface area contributed by atoms with Crippen LogP contribution >= 0.6 is 27.7 Å². The van der Waals surface area contributed by atoms with Crippen LogP contribution in [0.4, 0.5) is 5.69 Å². The molecule has 5 N–H and O–H groups in total. The van der Waals surface area contributed by atoms with E-state index in [9.17, 15) is 9.59 Å². The summed E-state index contributed by atoms with van der Waals surface area (Å²) < 4.78 is 0.824. The Morgan fingerprint density at radius 2 is 2.25 bits per heavy atom. The number of hydrogen-bond donors (Lipinski definition) is 4. The van der Waals surface area contributed by atoms with E-state index in [1.807, 2.05) is 24.3 Å². The molecule has 2 rings (SSSR count). The van der Waals surface area contributed by atoms with Crippen molar-refractivity contribution in [3.05, 3.63) is 28.7 Å². The number of rotatable bonds is 4. The molecule has 20 heavy (non-hydrogen) atoms. The van der Waals surface area contributed by atoms with E-state index in [1.54, 1.807) is 0 Å². The molecule has 0 spiro atoms. The maximum absolute atomic E-state index is 11.8. The smallest absolute Gasteiger partial charge is 0.234 e. The average Bonchev–Trinajstić information content (AvgIpc) is 2.38. The third-order valence-corrected chi connectivity index (χ3v) is 4.30. The van der Waals surface area contributed by atoms with Gasteiger partial charge in [-0.05, 0) is 28.1 Å². The van der Waals surface area contributed by atoms with E-state index in [2.05, 4.69) is 31.9 Å². The molecule has 1 aliphatic heterocycles. The molecule has 2 amide bonds. The second-order valence-electron chi connectivity index (χ2n) is 4.26. The Kier molecular flexibility index (Phi) is 5.41. The maximum Gasteiger partial charge on any atom is 0.234 e. The van der Waals surface area contributed by atoms with Gasteiger partial charge in [-0.3, -0.25) is 14.9 Å². The first kappa shape index (κ1) is 15.3. The molecule has 108 valence electrons. The molecule has 0 radical (unpaired) electrons. The lowest BCUT2D eigenvalue weighted by Gasteiger charge is -2.28. The number of hydrogen-bond acceptors (Lipinski definition) is 5. The zero-order chi connectivity index (χ0) is 14.5. The van der Waals surface area contributed by atoms with Crippen LogP contribution in [-0.4, -0.2) is 29.2 Å². The summed E-state index contributed by atoms with van der Waals surface area (Å²) >= 11 is 4.65. The molecule has 0 bridgehead atoms. The third kappa shape index (κ3) is 4.48. The summed E-state index contributed by atoms with van der Waals surface area (Å²) in [5.74, 6) is -0.0384. The van der Waals surface area contributed by atoms with Gasteiger partial charge in [-0.2, -0.15) is 0 Å². The molecule has 1 aromatic rings. The van der Waals surface area contributed by atoms with Crippen LogP contribution < -0.4 is 21.7 Å². The Morgan fingerprint density at radius 1 is 1.50 bits per heavy atom. The molecule has 1 aromatic carbocycles. The van der Waals surface area contributed by atoms with Crippen LogP contribution in [-0.2, 0) is 9.59 Å². The third-order valence-electron chi connectivity index (χ3n) is 2.59. The lowest BCUT2D eigenvalue weighted by atomic mass is 10.3. The fraction of sp³-hybridized carbons (Fsp3) is 0.333. The first-order chi connectivity index (χ1) is 9.54. The molecule has 6 nitrogen and oxygen atoms in total. The van der Waals surface area contributed by atoms with Gasteiger partial charge in [-0.25, -0.2) is 0 Å². The van der Waals surface area contributed by atoms with Crippen molar-refractivity contribution in [1.82, 2.24) is 10.6 Å². The topological polar surface area (TPSA) is 96.2 Å². The second-order valence-corrected chi connectivity index (χ2v) is 6.21. The maximum atomic E-state index is 11.8. The highest BCUT2D eigenvalue weighted by Gasteiger charge is 2.23. The number of amides is 2. The van der Waals surface area contributed by atoms with Gasteiger partial charge in [0, 0.05) is 4.47 Å². The van der Waals surface area contributed by atoms with Crippen LogP contribution in [0.25, 0.3) is 0 Å². The van der Waals surface area contributed by atoms with E-state index >= 15 is 0 Å². The van der Waals surface area contributed by atoms with E-state index in [0.29, 0.717) is 0 Å². The molecule has 0 saturated carbocycles. The molecular formula is C12H15BrN4O2S. The highest BCUT2D eigenvalue weighted by atomic mass is 79.9. The lowest BCUT2D eigenvalue weighted by molar-refractivity contribution is -0.123. The standard InChI is InChI=1S/C12H15BrN4O2S/c13-7-3-1-2-4-8(7)15-11(19)6-20-12-16-9(14)5-10(18)17-12/h1-4,9,12,16H,5-6,14H2,(H,15,19)(H,17,18). The first-order valence-electron chi connectivity index (χ1n) is 6.01. The molecule has 1 saturated heterocycles. The van der Waals surface area contributed by atoms with Crippen LogP contribution in [0.5, 0.6) is 0 Å². The minimum atomic E-state index is -0.368. The van der Waals surface area contributed by atoms with Crippen molar-refractivity contribution in [3.63, 3.8) is 0 Å².